The summed E-state index contributed by atoms with van der Waals surface area (Å²) in [5.41, 5.74) is 10.7. The zero-order valence-electron chi connectivity index (χ0n) is 26.5. The van der Waals surface area contributed by atoms with Crippen LogP contribution in [0.1, 0.15) is 0 Å². The molecule has 0 unspecified atom stereocenters. The van der Waals surface area contributed by atoms with Crippen molar-refractivity contribution in [3.8, 4) is 39.3 Å². The Morgan fingerprint density at radius 2 is 1.00 bits per heavy atom. The van der Waals surface area contributed by atoms with E-state index in [0.717, 1.165) is 82.8 Å². The van der Waals surface area contributed by atoms with Gasteiger partial charge >= 0.3 is 0 Å². The summed E-state index contributed by atoms with van der Waals surface area (Å²) >= 11 is 0. The number of pyridine rings is 3. The lowest BCUT2D eigenvalue weighted by Gasteiger charge is -2.14. The highest BCUT2D eigenvalue weighted by atomic mass is 15.0. The fourth-order valence-electron chi connectivity index (χ4n) is 7.47. The molecule has 49 heavy (non-hydrogen) atoms. The average molecular weight is 625 g/mol. The molecule has 4 heterocycles. The summed E-state index contributed by atoms with van der Waals surface area (Å²) in [6.07, 6.45) is 5.69. The van der Waals surface area contributed by atoms with Crippen LogP contribution in [0.2, 0.25) is 0 Å². The van der Waals surface area contributed by atoms with E-state index in [1.165, 1.54) is 10.8 Å². The SMILES string of the molecule is c1cc(-c2cc(-c3nccc4ccccc34)cc(-c3nccc4ccccc34)c2)cc(-n2c3ccccc3c3c4ncccc4ccc32)c1. The van der Waals surface area contributed by atoms with Crippen molar-refractivity contribution in [2.45, 2.75) is 0 Å². The first-order chi connectivity index (χ1) is 24.3. The van der Waals surface area contributed by atoms with Crippen LogP contribution >= 0.6 is 0 Å². The van der Waals surface area contributed by atoms with Gasteiger partial charge in [0.25, 0.3) is 0 Å². The Morgan fingerprint density at radius 3 is 1.73 bits per heavy atom. The summed E-state index contributed by atoms with van der Waals surface area (Å²) in [5.74, 6) is 0. The molecule has 0 atom stereocenters. The molecular formula is C45H28N4. The van der Waals surface area contributed by atoms with E-state index in [-0.39, 0.29) is 0 Å². The monoisotopic (exact) mass is 624 g/mol. The predicted molar refractivity (Wildman–Crippen MR) is 203 cm³/mol. The number of aromatic nitrogens is 4. The van der Waals surface area contributed by atoms with Crippen LogP contribution in [0.25, 0.3) is 93.6 Å². The van der Waals surface area contributed by atoms with E-state index < -0.39 is 0 Å². The van der Waals surface area contributed by atoms with Crippen LogP contribution in [0.3, 0.4) is 0 Å². The highest BCUT2D eigenvalue weighted by Crippen LogP contribution is 2.39. The van der Waals surface area contributed by atoms with Crippen molar-refractivity contribution >= 4 is 54.3 Å². The maximum absolute atomic E-state index is 4.93. The molecular weight excluding hydrogens is 597 g/mol. The van der Waals surface area contributed by atoms with Gasteiger partial charge in [0.2, 0.25) is 0 Å². The van der Waals surface area contributed by atoms with Crippen LogP contribution in [0, 0.1) is 0 Å². The van der Waals surface area contributed by atoms with Crippen molar-refractivity contribution in [1.29, 1.82) is 0 Å². The summed E-state index contributed by atoms with van der Waals surface area (Å²) in [4.78, 5) is 14.7. The molecule has 0 aliphatic carbocycles. The first-order valence-electron chi connectivity index (χ1n) is 16.5. The summed E-state index contributed by atoms with van der Waals surface area (Å²) < 4.78 is 2.37. The molecule has 0 amide bonds. The fourth-order valence-corrected chi connectivity index (χ4v) is 7.47. The summed E-state index contributed by atoms with van der Waals surface area (Å²) in [6, 6.07) is 53.8. The molecule has 10 rings (SSSR count). The average Bonchev–Trinajstić information content (AvgIpc) is 3.52. The minimum atomic E-state index is 0.958. The quantitative estimate of drug-likeness (QED) is 0.196. The Bertz CT molecular complexity index is 2790. The highest BCUT2D eigenvalue weighted by molar-refractivity contribution is 6.20. The van der Waals surface area contributed by atoms with Crippen LogP contribution in [-0.2, 0) is 0 Å². The van der Waals surface area contributed by atoms with Crippen LogP contribution in [-0.4, -0.2) is 19.5 Å². The minimum Gasteiger partial charge on any atom is -0.309 e. The van der Waals surface area contributed by atoms with Gasteiger partial charge in [-0.15, -0.1) is 0 Å². The molecule has 0 N–H and O–H groups in total. The van der Waals surface area contributed by atoms with Gasteiger partial charge in [-0.05, 0) is 82.6 Å². The summed E-state index contributed by atoms with van der Waals surface area (Å²) in [6.45, 7) is 0. The Balaban J connectivity index is 1.22. The predicted octanol–water partition coefficient (Wildman–Crippen LogP) is 11.4. The second kappa shape index (κ2) is 11.0. The molecule has 0 saturated heterocycles. The van der Waals surface area contributed by atoms with Gasteiger partial charge in [-0.2, -0.15) is 0 Å². The lowest BCUT2D eigenvalue weighted by atomic mass is 9.93. The van der Waals surface area contributed by atoms with E-state index in [1.54, 1.807) is 0 Å². The number of rotatable bonds is 4. The summed E-state index contributed by atoms with van der Waals surface area (Å²) in [5, 5.41) is 8.09. The van der Waals surface area contributed by atoms with Crippen molar-refractivity contribution < 1.29 is 0 Å². The maximum Gasteiger partial charge on any atom is 0.0802 e. The smallest absolute Gasteiger partial charge is 0.0802 e. The third-order valence-electron chi connectivity index (χ3n) is 9.67. The van der Waals surface area contributed by atoms with E-state index in [9.17, 15) is 0 Å². The zero-order valence-corrected chi connectivity index (χ0v) is 26.5. The molecule has 0 radical (unpaired) electrons. The van der Waals surface area contributed by atoms with Gasteiger partial charge in [-0.3, -0.25) is 15.0 Å². The van der Waals surface area contributed by atoms with Gasteiger partial charge in [-0.25, -0.2) is 0 Å². The highest BCUT2D eigenvalue weighted by Gasteiger charge is 2.17. The first kappa shape index (κ1) is 27.5. The van der Waals surface area contributed by atoms with Gasteiger partial charge < -0.3 is 4.57 Å². The second-order valence-corrected chi connectivity index (χ2v) is 12.5. The maximum atomic E-state index is 4.93. The molecule has 0 bridgehead atoms. The molecule has 0 aliphatic rings. The van der Waals surface area contributed by atoms with Crippen LogP contribution < -0.4 is 0 Å². The molecule has 4 heteroatoms. The molecule has 6 aromatic carbocycles. The molecule has 4 aromatic heterocycles. The molecule has 0 aliphatic heterocycles. The third kappa shape index (κ3) is 4.42. The van der Waals surface area contributed by atoms with Gasteiger partial charge in [0.1, 0.15) is 0 Å². The van der Waals surface area contributed by atoms with E-state index in [2.05, 4.69) is 150 Å². The molecule has 228 valence electrons. The van der Waals surface area contributed by atoms with Gasteiger partial charge in [0, 0.05) is 62.3 Å². The lowest BCUT2D eigenvalue weighted by molar-refractivity contribution is 1.18. The van der Waals surface area contributed by atoms with E-state index >= 15 is 0 Å². The van der Waals surface area contributed by atoms with Gasteiger partial charge in [0.05, 0.1) is 27.9 Å². The summed E-state index contributed by atoms with van der Waals surface area (Å²) in [7, 11) is 0. The second-order valence-electron chi connectivity index (χ2n) is 12.5. The molecule has 4 nitrogen and oxygen atoms in total. The van der Waals surface area contributed by atoms with Crippen molar-refractivity contribution in [3.63, 3.8) is 0 Å². The van der Waals surface area contributed by atoms with Crippen LogP contribution in [0.15, 0.2) is 170 Å². The van der Waals surface area contributed by atoms with Gasteiger partial charge in [0.15, 0.2) is 0 Å². The Kier molecular flexibility index (Phi) is 6.15. The Morgan fingerprint density at radius 1 is 0.367 bits per heavy atom. The molecule has 0 spiro atoms. The largest absolute Gasteiger partial charge is 0.309 e. The zero-order chi connectivity index (χ0) is 32.3. The third-order valence-corrected chi connectivity index (χ3v) is 9.67. The first-order valence-corrected chi connectivity index (χ1v) is 16.5. The lowest BCUT2D eigenvalue weighted by Crippen LogP contribution is -1.95. The van der Waals surface area contributed by atoms with Crippen LogP contribution in [0.4, 0.5) is 0 Å². The standard InChI is InChI=1S/C45H28N4/c1-3-14-37-29(9-1)20-23-47-43(37)34-25-33(26-35(27-34)44-38-15-4-2-10-30(38)21-24-48-44)32-11-7-13-36(28-32)49-40-17-6-5-16-39(40)42-41(49)19-18-31-12-8-22-46-45(31)42/h1-28H. The Labute approximate surface area is 282 Å². The number of hydrogen-bond donors (Lipinski definition) is 0. The molecule has 10 aromatic rings. The van der Waals surface area contributed by atoms with Crippen molar-refractivity contribution in [3.05, 3.63) is 170 Å². The van der Waals surface area contributed by atoms with E-state index in [4.69, 9.17) is 15.0 Å². The van der Waals surface area contributed by atoms with E-state index in [0.29, 0.717) is 0 Å². The minimum absolute atomic E-state index is 0.958. The van der Waals surface area contributed by atoms with Crippen molar-refractivity contribution in [2.75, 3.05) is 0 Å². The number of fused-ring (bicyclic) bond motifs is 7. The molecule has 0 fully saturated rings. The van der Waals surface area contributed by atoms with Crippen molar-refractivity contribution in [2.24, 2.45) is 0 Å². The van der Waals surface area contributed by atoms with Crippen LogP contribution in [0.5, 0.6) is 0 Å². The number of hydrogen-bond acceptors (Lipinski definition) is 3. The van der Waals surface area contributed by atoms with Crippen molar-refractivity contribution in [1.82, 2.24) is 19.5 Å². The topological polar surface area (TPSA) is 43.6 Å². The normalized spacial score (nSPS) is 11.7. The number of nitrogens with zero attached hydrogens (tertiary/aromatic N) is 4. The number of para-hydroxylation sites is 1. The van der Waals surface area contributed by atoms with E-state index in [1.807, 2.05) is 24.7 Å². The Hall–Kier alpha value is -6.65. The molecule has 0 saturated carbocycles. The van der Waals surface area contributed by atoms with Gasteiger partial charge in [-0.1, -0.05) is 91.0 Å². The fraction of sp³-hybridized carbons (Fsp3) is 0. The number of benzene rings is 6.